The van der Waals surface area contributed by atoms with Crippen LogP contribution in [0.2, 0.25) is 0 Å². The first-order valence-electron chi connectivity index (χ1n) is 8.73. The first-order valence-corrected chi connectivity index (χ1v) is 13.3. The molecule has 19 heteroatoms. The maximum Gasteiger partial charge on any atom is 0.470 e. The van der Waals surface area contributed by atoms with Gasteiger partial charge in [0.15, 0.2) is 6.10 Å². The highest BCUT2D eigenvalue weighted by atomic mass is 31.2. The van der Waals surface area contributed by atoms with Crippen molar-refractivity contribution in [2.75, 3.05) is 0 Å². The number of carbonyl (C=O) groups is 1. The van der Waals surface area contributed by atoms with E-state index in [1.807, 2.05) is 0 Å². The second-order valence-electron chi connectivity index (χ2n) is 6.90. The molecule has 2 rings (SSSR count). The average Bonchev–Trinajstić information content (AvgIpc) is 2.63. The zero-order chi connectivity index (χ0) is 25.4. The van der Waals surface area contributed by atoms with Crippen molar-refractivity contribution in [2.24, 2.45) is 0 Å². The fourth-order valence-electron chi connectivity index (χ4n) is 3.01. The van der Waals surface area contributed by atoms with Crippen LogP contribution in [0.25, 0.3) is 0 Å². The van der Waals surface area contributed by atoms with Crippen molar-refractivity contribution in [3.8, 4) is 0 Å². The maximum atomic E-state index is 12.5. The lowest BCUT2D eigenvalue weighted by Crippen LogP contribution is -2.66. The van der Waals surface area contributed by atoms with Crippen molar-refractivity contribution in [1.29, 1.82) is 0 Å². The van der Waals surface area contributed by atoms with Crippen LogP contribution in [0, 0.1) is 6.92 Å². The summed E-state index contributed by atoms with van der Waals surface area (Å²) >= 11 is 0. The number of benzene rings is 1. The number of phosphoric ester groups is 3. The minimum Gasteiger partial charge on any atom is -0.453 e. The smallest absolute Gasteiger partial charge is 0.453 e. The maximum absolute atomic E-state index is 12.5. The van der Waals surface area contributed by atoms with E-state index in [-0.39, 0.29) is 5.56 Å². The Labute approximate surface area is 185 Å². The number of ether oxygens (including phenoxy) is 1. The molecule has 0 unspecified atom stereocenters. The zero-order valence-corrected chi connectivity index (χ0v) is 19.1. The fourth-order valence-corrected chi connectivity index (χ4v) is 4.70. The quantitative estimate of drug-likeness (QED) is 0.141. The van der Waals surface area contributed by atoms with Crippen LogP contribution in [0.4, 0.5) is 0 Å². The molecule has 33 heavy (non-hydrogen) atoms. The summed E-state index contributed by atoms with van der Waals surface area (Å²) in [4.78, 5) is 67.3. The van der Waals surface area contributed by atoms with E-state index in [0.717, 1.165) is 5.56 Å². The molecule has 0 aromatic heterocycles. The van der Waals surface area contributed by atoms with Gasteiger partial charge in [-0.1, -0.05) is 17.7 Å². The van der Waals surface area contributed by atoms with Gasteiger partial charge in [0, 0.05) is 0 Å². The molecule has 0 heterocycles. The number of aryl methyl sites for hydroxylation is 1. The van der Waals surface area contributed by atoms with Crippen molar-refractivity contribution < 1.29 is 76.4 Å². The van der Waals surface area contributed by atoms with Crippen molar-refractivity contribution in [3.05, 3.63) is 35.4 Å². The number of aliphatic hydroxyl groups excluding tert-OH is 2. The Morgan fingerprint density at radius 1 is 0.697 bits per heavy atom. The van der Waals surface area contributed by atoms with Gasteiger partial charge in [-0.25, -0.2) is 18.5 Å². The van der Waals surface area contributed by atoms with Gasteiger partial charge in [0.2, 0.25) is 0 Å². The van der Waals surface area contributed by atoms with Gasteiger partial charge in [-0.2, -0.15) is 0 Å². The summed E-state index contributed by atoms with van der Waals surface area (Å²) in [5, 5.41) is 20.8. The zero-order valence-electron chi connectivity index (χ0n) is 16.5. The normalized spacial score (nSPS) is 29.0. The van der Waals surface area contributed by atoms with E-state index in [2.05, 4.69) is 13.6 Å². The molecule has 0 aliphatic heterocycles. The number of esters is 1. The van der Waals surface area contributed by atoms with E-state index < -0.39 is 66.1 Å². The average molecular weight is 538 g/mol. The molecule has 1 aromatic rings. The Hall–Kier alpha value is -1.06. The molecule has 16 nitrogen and oxygen atoms in total. The Bertz CT molecular complexity index is 979. The summed E-state index contributed by atoms with van der Waals surface area (Å²) in [5.74, 6) is -1.24. The molecule has 1 aliphatic rings. The summed E-state index contributed by atoms with van der Waals surface area (Å²) < 4.78 is 52.0. The highest BCUT2D eigenvalue weighted by Gasteiger charge is 2.58. The highest BCUT2D eigenvalue weighted by molar-refractivity contribution is 7.46. The molecular formula is C14H21O16P3. The van der Waals surface area contributed by atoms with Crippen LogP contribution in [0.5, 0.6) is 0 Å². The number of aliphatic hydroxyl groups is 2. The minimum absolute atomic E-state index is 0.145. The van der Waals surface area contributed by atoms with Crippen molar-refractivity contribution in [3.63, 3.8) is 0 Å². The van der Waals surface area contributed by atoms with Gasteiger partial charge in [-0.3, -0.25) is 13.6 Å². The largest absolute Gasteiger partial charge is 0.470 e. The standard InChI is InChI=1S/C14H21O16P3/c1-6-2-4-7(5-3-6)14(17)27-11-8(15)10(28-31(18,19)20)9(16)12(29-32(21,22)23)13(11)30-33(24,25)26/h2-5,8-13,15-16H,1H3,(H2,18,19,20)(H2,21,22,23)(H2,24,25,26)/t8-,9-,10+,11-,12+,13+/m0/s1. The first-order chi connectivity index (χ1) is 14.9. The molecule has 0 bridgehead atoms. The predicted molar refractivity (Wildman–Crippen MR) is 103 cm³/mol. The van der Waals surface area contributed by atoms with E-state index in [1.54, 1.807) is 6.92 Å². The molecule has 1 aliphatic carbocycles. The molecule has 0 amide bonds. The number of rotatable bonds is 8. The number of hydrogen-bond donors (Lipinski definition) is 8. The van der Waals surface area contributed by atoms with Crippen molar-refractivity contribution >= 4 is 29.4 Å². The SMILES string of the molecule is Cc1ccc(C(=O)O[C@H]2[C@@H](O)[C@@H](OP(=O)(O)O)[C@H](O)[C@@H](OP(=O)(O)O)[C@@H]2OP(=O)(O)O)cc1. The third-order valence-corrected chi connectivity index (χ3v) is 5.86. The van der Waals surface area contributed by atoms with Crippen LogP contribution < -0.4 is 0 Å². The Balaban J connectivity index is 2.53. The first kappa shape index (κ1) is 28.2. The number of hydrogen-bond acceptors (Lipinski definition) is 10. The summed E-state index contributed by atoms with van der Waals surface area (Å²) in [5.41, 5.74) is 0.592. The minimum atomic E-state index is -5.56. The molecule has 6 atom stereocenters. The lowest BCUT2D eigenvalue weighted by molar-refractivity contribution is -0.212. The van der Waals surface area contributed by atoms with E-state index in [9.17, 15) is 38.5 Å². The third-order valence-electron chi connectivity index (χ3n) is 4.30. The van der Waals surface area contributed by atoms with E-state index in [1.165, 1.54) is 24.3 Å². The molecule has 1 aromatic carbocycles. The van der Waals surface area contributed by atoms with E-state index in [4.69, 9.17) is 24.3 Å². The summed E-state index contributed by atoms with van der Waals surface area (Å²) in [6.45, 7) is 1.69. The van der Waals surface area contributed by atoms with Gasteiger partial charge in [-0.15, -0.1) is 0 Å². The molecule has 1 saturated carbocycles. The lowest BCUT2D eigenvalue weighted by atomic mass is 9.85. The summed E-state index contributed by atoms with van der Waals surface area (Å²) in [6.07, 6.45) is -14.6. The molecule has 0 radical (unpaired) electrons. The van der Waals surface area contributed by atoms with Crippen LogP contribution >= 0.6 is 23.5 Å². The monoisotopic (exact) mass is 538 g/mol. The molecule has 0 spiro atoms. The molecule has 8 N–H and O–H groups in total. The predicted octanol–water partition coefficient (Wildman–Crippen LogP) is -1.31. The summed E-state index contributed by atoms with van der Waals surface area (Å²) in [7, 11) is -16.6. The molecule has 1 fully saturated rings. The Kier molecular flexibility index (Phi) is 8.78. The van der Waals surface area contributed by atoms with Gasteiger partial charge in [0.05, 0.1) is 5.56 Å². The number of phosphoric acid groups is 3. The van der Waals surface area contributed by atoms with Gasteiger partial charge in [0.25, 0.3) is 0 Å². The van der Waals surface area contributed by atoms with Gasteiger partial charge >= 0.3 is 29.4 Å². The highest BCUT2D eigenvalue weighted by Crippen LogP contribution is 2.49. The second-order valence-corrected chi connectivity index (χ2v) is 10.5. The van der Waals surface area contributed by atoms with Crippen molar-refractivity contribution in [1.82, 2.24) is 0 Å². The third kappa shape index (κ3) is 8.28. The lowest BCUT2D eigenvalue weighted by Gasteiger charge is -2.45. The fraction of sp³-hybridized carbons (Fsp3) is 0.500. The van der Waals surface area contributed by atoms with Crippen LogP contribution in [0.1, 0.15) is 15.9 Å². The van der Waals surface area contributed by atoms with E-state index >= 15 is 0 Å². The van der Waals surface area contributed by atoms with Crippen LogP contribution in [-0.4, -0.2) is 82.2 Å². The van der Waals surface area contributed by atoms with Crippen LogP contribution in [0.3, 0.4) is 0 Å². The second kappa shape index (κ2) is 10.3. The Morgan fingerprint density at radius 3 is 1.55 bits per heavy atom. The summed E-state index contributed by atoms with van der Waals surface area (Å²) in [6, 6.07) is 5.52. The topological polar surface area (TPSA) is 267 Å². The van der Waals surface area contributed by atoms with Crippen molar-refractivity contribution in [2.45, 2.75) is 43.5 Å². The molecule has 0 saturated heterocycles. The van der Waals surface area contributed by atoms with Gasteiger partial charge < -0.3 is 44.3 Å². The Morgan fingerprint density at radius 2 is 1.09 bits per heavy atom. The van der Waals surface area contributed by atoms with Gasteiger partial charge in [-0.05, 0) is 19.1 Å². The van der Waals surface area contributed by atoms with E-state index in [0.29, 0.717) is 0 Å². The number of carbonyl (C=O) groups excluding carboxylic acids is 1. The molecular weight excluding hydrogens is 517 g/mol. The van der Waals surface area contributed by atoms with Crippen LogP contribution in [0.15, 0.2) is 24.3 Å². The van der Waals surface area contributed by atoms with Gasteiger partial charge in [0.1, 0.15) is 30.5 Å². The van der Waals surface area contributed by atoms with Crippen LogP contribution in [-0.2, 0) is 32.0 Å². The molecule has 188 valence electrons.